The van der Waals surface area contributed by atoms with Crippen LogP contribution in [0.1, 0.15) is 25.7 Å². The van der Waals surface area contributed by atoms with Gasteiger partial charge in [0.15, 0.2) is 15.4 Å². The number of benzene rings is 1. The lowest BCUT2D eigenvalue weighted by Gasteiger charge is -2.35. The van der Waals surface area contributed by atoms with Crippen molar-refractivity contribution in [3.05, 3.63) is 24.3 Å². The zero-order valence-electron chi connectivity index (χ0n) is 14.6. The Balaban J connectivity index is 1.72. The highest BCUT2D eigenvalue weighted by molar-refractivity contribution is 7.90. The Morgan fingerprint density at radius 1 is 1.19 bits per heavy atom. The van der Waals surface area contributed by atoms with Gasteiger partial charge >= 0.3 is 5.97 Å². The van der Waals surface area contributed by atoms with E-state index in [0.717, 1.165) is 6.26 Å². The van der Waals surface area contributed by atoms with Crippen LogP contribution in [-0.4, -0.2) is 67.0 Å². The number of hydrogen-bond acceptors (Lipinski definition) is 6. The Kier molecular flexibility index (Phi) is 6.25. The molecular formula is C17H23NO7S. The van der Waals surface area contributed by atoms with E-state index in [1.54, 1.807) is 17.0 Å². The Morgan fingerprint density at radius 3 is 2.27 bits per heavy atom. The number of sulfone groups is 1. The first kappa shape index (κ1) is 20.2. The summed E-state index contributed by atoms with van der Waals surface area (Å²) >= 11 is 0. The van der Waals surface area contributed by atoms with Crippen LogP contribution in [0.15, 0.2) is 29.2 Å². The third-order valence-corrected chi connectivity index (χ3v) is 5.53. The molecule has 1 saturated heterocycles. The number of likely N-dealkylation sites (tertiary alicyclic amines) is 1. The summed E-state index contributed by atoms with van der Waals surface area (Å²) in [5, 5.41) is 18.8. The maximum atomic E-state index is 12.1. The molecule has 1 aromatic rings. The van der Waals surface area contributed by atoms with Crippen LogP contribution < -0.4 is 4.74 Å². The number of aliphatic hydroxyl groups is 1. The summed E-state index contributed by atoms with van der Waals surface area (Å²) < 4.78 is 28.2. The molecule has 2 N–H and O–H groups in total. The average Bonchev–Trinajstić information content (AvgIpc) is 2.58. The van der Waals surface area contributed by atoms with Crippen molar-refractivity contribution < 1.29 is 33.0 Å². The van der Waals surface area contributed by atoms with Crippen LogP contribution in [-0.2, 0) is 19.4 Å². The number of carboxylic acid groups (broad SMARTS) is 1. The van der Waals surface area contributed by atoms with Crippen molar-refractivity contribution in [3.8, 4) is 5.75 Å². The maximum absolute atomic E-state index is 12.1. The van der Waals surface area contributed by atoms with Gasteiger partial charge in [0, 0.05) is 38.6 Å². The highest BCUT2D eigenvalue weighted by atomic mass is 32.2. The molecule has 1 heterocycles. The van der Waals surface area contributed by atoms with Crippen LogP contribution in [0.5, 0.6) is 5.75 Å². The van der Waals surface area contributed by atoms with E-state index in [0.29, 0.717) is 18.8 Å². The normalized spacial score (nSPS) is 16.9. The van der Waals surface area contributed by atoms with Crippen LogP contribution in [0.3, 0.4) is 0 Å². The monoisotopic (exact) mass is 385 g/mol. The fourth-order valence-electron chi connectivity index (χ4n) is 2.69. The van der Waals surface area contributed by atoms with Gasteiger partial charge in [-0.1, -0.05) is 0 Å². The van der Waals surface area contributed by atoms with Crippen LogP contribution in [0.4, 0.5) is 0 Å². The fraction of sp³-hybridized carbons (Fsp3) is 0.529. The number of ether oxygens (including phenoxy) is 1. The van der Waals surface area contributed by atoms with E-state index >= 15 is 0 Å². The second kappa shape index (κ2) is 8.05. The summed E-state index contributed by atoms with van der Waals surface area (Å²) in [7, 11) is -3.24. The van der Waals surface area contributed by atoms with E-state index in [-0.39, 0.29) is 43.2 Å². The molecule has 0 aromatic heterocycles. The Morgan fingerprint density at radius 2 is 1.77 bits per heavy atom. The van der Waals surface area contributed by atoms with Crippen molar-refractivity contribution in [2.24, 2.45) is 0 Å². The van der Waals surface area contributed by atoms with Gasteiger partial charge in [-0.2, -0.15) is 0 Å². The van der Waals surface area contributed by atoms with Gasteiger partial charge < -0.3 is 19.8 Å². The maximum Gasteiger partial charge on any atom is 0.335 e. The van der Waals surface area contributed by atoms with E-state index in [1.165, 1.54) is 12.1 Å². The molecule has 1 aromatic carbocycles. The number of nitrogens with zero attached hydrogens (tertiary/aromatic N) is 1. The van der Waals surface area contributed by atoms with Gasteiger partial charge in [0.25, 0.3) is 0 Å². The largest absolute Gasteiger partial charge is 0.494 e. The molecule has 144 valence electrons. The minimum absolute atomic E-state index is 0.0251. The Labute approximate surface area is 152 Å². The van der Waals surface area contributed by atoms with Gasteiger partial charge in [-0.3, -0.25) is 4.79 Å². The van der Waals surface area contributed by atoms with Gasteiger partial charge in [0.1, 0.15) is 5.75 Å². The molecule has 1 aliphatic heterocycles. The summed E-state index contributed by atoms with van der Waals surface area (Å²) in [5.41, 5.74) is -1.74. The minimum atomic E-state index is -3.24. The molecule has 0 radical (unpaired) electrons. The first-order chi connectivity index (χ1) is 12.1. The predicted molar refractivity (Wildman–Crippen MR) is 92.7 cm³/mol. The topological polar surface area (TPSA) is 121 Å². The van der Waals surface area contributed by atoms with Gasteiger partial charge in [-0.05, 0) is 30.7 Å². The van der Waals surface area contributed by atoms with E-state index in [1.807, 2.05) is 0 Å². The molecule has 26 heavy (non-hydrogen) atoms. The van der Waals surface area contributed by atoms with Crippen molar-refractivity contribution in [1.82, 2.24) is 4.90 Å². The zero-order chi connectivity index (χ0) is 19.4. The molecule has 0 spiro atoms. The third kappa shape index (κ3) is 5.18. The molecule has 0 atom stereocenters. The molecule has 1 aliphatic rings. The average molecular weight is 385 g/mol. The van der Waals surface area contributed by atoms with Crippen molar-refractivity contribution in [2.75, 3.05) is 26.0 Å². The molecule has 0 bridgehead atoms. The first-order valence-electron chi connectivity index (χ1n) is 8.28. The van der Waals surface area contributed by atoms with E-state index in [9.17, 15) is 23.1 Å². The highest BCUT2D eigenvalue weighted by Gasteiger charge is 2.40. The molecule has 1 amide bonds. The second-order valence-corrected chi connectivity index (χ2v) is 8.43. The predicted octanol–water partition coefficient (Wildman–Crippen LogP) is 0.687. The smallest absolute Gasteiger partial charge is 0.335 e. The molecule has 8 nitrogen and oxygen atoms in total. The quantitative estimate of drug-likeness (QED) is 0.662. The fourth-order valence-corrected chi connectivity index (χ4v) is 3.32. The molecule has 0 aliphatic carbocycles. The summed E-state index contributed by atoms with van der Waals surface area (Å²) in [6.07, 6.45) is 1.92. The van der Waals surface area contributed by atoms with Crippen molar-refractivity contribution >= 4 is 21.7 Å². The van der Waals surface area contributed by atoms with Crippen molar-refractivity contribution in [1.29, 1.82) is 0 Å². The summed E-state index contributed by atoms with van der Waals surface area (Å²) in [4.78, 5) is 24.9. The SMILES string of the molecule is CS(=O)(=O)c1ccc(OCCCC(=O)N2CCC(O)(C(=O)O)CC2)cc1. The Hall–Kier alpha value is -2.13. The van der Waals surface area contributed by atoms with Crippen LogP contribution in [0.2, 0.25) is 0 Å². The van der Waals surface area contributed by atoms with Gasteiger partial charge in [0.05, 0.1) is 11.5 Å². The van der Waals surface area contributed by atoms with Gasteiger partial charge in [-0.15, -0.1) is 0 Å². The lowest BCUT2D eigenvalue weighted by molar-refractivity contribution is -0.165. The summed E-state index contributed by atoms with van der Waals surface area (Å²) in [5.74, 6) is -0.831. The van der Waals surface area contributed by atoms with E-state index < -0.39 is 21.4 Å². The molecule has 1 fully saturated rings. The highest BCUT2D eigenvalue weighted by Crippen LogP contribution is 2.23. The molecule has 0 saturated carbocycles. The van der Waals surface area contributed by atoms with E-state index in [4.69, 9.17) is 9.84 Å². The van der Waals surface area contributed by atoms with E-state index in [2.05, 4.69) is 0 Å². The lowest BCUT2D eigenvalue weighted by atomic mass is 9.91. The summed E-state index contributed by atoms with van der Waals surface area (Å²) in [6.45, 7) is 0.738. The molecular weight excluding hydrogens is 362 g/mol. The molecule has 2 rings (SSSR count). The summed E-state index contributed by atoms with van der Waals surface area (Å²) in [6, 6.07) is 6.06. The standard InChI is InChI=1S/C17H23NO7S/c1-26(23,24)14-6-4-13(5-7-14)25-12-2-3-15(19)18-10-8-17(22,9-11-18)16(20)21/h4-7,22H,2-3,8-12H2,1H3,(H,20,21). The number of carboxylic acids is 1. The van der Waals surface area contributed by atoms with Gasteiger partial charge in [-0.25, -0.2) is 13.2 Å². The number of carbonyl (C=O) groups excluding carboxylic acids is 1. The second-order valence-electron chi connectivity index (χ2n) is 6.41. The number of carbonyl (C=O) groups is 2. The Bertz CT molecular complexity index is 750. The van der Waals surface area contributed by atoms with Crippen LogP contribution in [0.25, 0.3) is 0 Å². The number of amides is 1. The number of piperidine rings is 1. The molecule has 0 unspecified atom stereocenters. The van der Waals surface area contributed by atoms with Crippen molar-refractivity contribution in [3.63, 3.8) is 0 Å². The van der Waals surface area contributed by atoms with Crippen molar-refractivity contribution in [2.45, 2.75) is 36.2 Å². The number of aliphatic carboxylic acids is 1. The van der Waals surface area contributed by atoms with Crippen LogP contribution >= 0.6 is 0 Å². The lowest BCUT2D eigenvalue weighted by Crippen LogP contribution is -2.50. The van der Waals surface area contributed by atoms with Crippen LogP contribution in [0, 0.1) is 0 Å². The number of rotatable bonds is 7. The number of hydrogen-bond donors (Lipinski definition) is 2. The van der Waals surface area contributed by atoms with Gasteiger partial charge in [0.2, 0.25) is 5.91 Å². The molecule has 9 heteroatoms. The third-order valence-electron chi connectivity index (χ3n) is 4.40. The minimum Gasteiger partial charge on any atom is -0.494 e. The first-order valence-corrected chi connectivity index (χ1v) is 10.2. The zero-order valence-corrected chi connectivity index (χ0v) is 15.4.